The minimum atomic E-state index is 0.957. The molecule has 0 aliphatic heterocycles. The quantitative estimate of drug-likeness (QED) is 0.775. The van der Waals surface area contributed by atoms with Crippen LogP contribution in [-0.4, -0.2) is 9.97 Å². The Labute approximate surface area is 91.2 Å². The van der Waals surface area contributed by atoms with E-state index in [2.05, 4.69) is 32.8 Å². The van der Waals surface area contributed by atoms with Crippen LogP contribution in [0.2, 0.25) is 0 Å². The van der Waals surface area contributed by atoms with Crippen molar-refractivity contribution in [3.05, 3.63) is 46.8 Å². The van der Waals surface area contributed by atoms with E-state index in [0.717, 1.165) is 15.7 Å². The fraction of sp³-hybridized carbons (Fsp3) is 0.0909. The average molecular weight is 249 g/mol. The molecule has 0 aromatic carbocycles. The zero-order chi connectivity index (χ0) is 9.97. The Kier molecular flexibility index (Phi) is 2.59. The number of aromatic nitrogens is 2. The first-order chi connectivity index (χ1) is 6.77. The monoisotopic (exact) mass is 248 g/mol. The molecule has 0 bridgehead atoms. The summed E-state index contributed by atoms with van der Waals surface area (Å²) in [6, 6.07) is 5.95. The summed E-state index contributed by atoms with van der Waals surface area (Å²) in [5.74, 6) is 0. The van der Waals surface area contributed by atoms with Gasteiger partial charge in [0, 0.05) is 28.6 Å². The molecule has 3 heteroatoms. The first-order valence-corrected chi connectivity index (χ1v) is 5.09. The number of nitrogens with zero attached hydrogens (tertiary/aromatic N) is 2. The Morgan fingerprint density at radius 2 is 2.00 bits per heavy atom. The van der Waals surface area contributed by atoms with Crippen LogP contribution in [0.4, 0.5) is 0 Å². The second-order valence-electron chi connectivity index (χ2n) is 3.05. The summed E-state index contributed by atoms with van der Waals surface area (Å²) in [5, 5.41) is 0. The van der Waals surface area contributed by atoms with E-state index in [1.807, 2.05) is 24.4 Å². The third-order valence-electron chi connectivity index (χ3n) is 2.04. The number of aryl methyl sites for hydroxylation is 1. The molecule has 0 saturated carbocycles. The summed E-state index contributed by atoms with van der Waals surface area (Å²) in [6.07, 6.45) is 5.42. The molecule has 14 heavy (non-hydrogen) atoms. The van der Waals surface area contributed by atoms with E-state index in [1.165, 1.54) is 5.56 Å². The Bertz CT molecular complexity index is 437. The second kappa shape index (κ2) is 3.88. The molecule has 0 unspecified atom stereocenters. The summed E-state index contributed by atoms with van der Waals surface area (Å²) in [6.45, 7) is 2.06. The van der Waals surface area contributed by atoms with E-state index in [1.54, 1.807) is 12.4 Å². The molecular formula is C11H9BrN2. The Hall–Kier alpha value is -1.22. The molecule has 0 N–H and O–H groups in total. The van der Waals surface area contributed by atoms with Crippen LogP contribution in [-0.2, 0) is 0 Å². The smallest absolute Gasteiger partial charge is 0.0720 e. The Balaban J connectivity index is 2.50. The molecule has 0 amide bonds. The highest BCUT2D eigenvalue weighted by Crippen LogP contribution is 2.20. The fourth-order valence-corrected chi connectivity index (χ4v) is 1.50. The molecule has 0 aliphatic rings. The van der Waals surface area contributed by atoms with E-state index in [9.17, 15) is 0 Å². The summed E-state index contributed by atoms with van der Waals surface area (Å²) in [4.78, 5) is 8.42. The zero-order valence-electron chi connectivity index (χ0n) is 7.74. The fourth-order valence-electron chi connectivity index (χ4n) is 1.27. The first kappa shape index (κ1) is 9.34. The lowest BCUT2D eigenvalue weighted by Crippen LogP contribution is -1.87. The van der Waals surface area contributed by atoms with Gasteiger partial charge in [0.2, 0.25) is 0 Å². The van der Waals surface area contributed by atoms with Gasteiger partial charge in [0.25, 0.3) is 0 Å². The summed E-state index contributed by atoms with van der Waals surface area (Å²) >= 11 is 3.36. The van der Waals surface area contributed by atoms with E-state index < -0.39 is 0 Å². The van der Waals surface area contributed by atoms with Gasteiger partial charge in [-0.25, -0.2) is 0 Å². The molecular weight excluding hydrogens is 240 g/mol. The van der Waals surface area contributed by atoms with Crippen molar-refractivity contribution < 1.29 is 0 Å². The van der Waals surface area contributed by atoms with Crippen LogP contribution in [0.15, 0.2) is 41.3 Å². The predicted molar refractivity (Wildman–Crippen MR) is 59.9 cm³/mol. The Morgan fingerprint density at radius 1 is 1.14 bits per heavy atom. The van der Waals surface area contributed by atoms with Gasteiger partial charge in [-0.1, -0.05) is 0 Å². The molecule has 0 radical (unpaired) electrons. The van der Waals surface area contributed by atoms with Gasteiger partial charge in [-0.15, -0.1) is 0 Å². The van der Waals surface area contributed by atoms with Gasteiger partial charge < -0.3 is 0 Å². The Morgan fingerprint density at radius 3 is 2.64 bits per heavy atom. The van der Waals surface area contributed by atoms with Crippen molar-refractivity contribution in [2.75, 3.05) is 0 Å². The molecule has 2 nitrogen and oxygen atoms in total. The third-order valence-corrected chi connectivity index (χ3v) is 2.51. The lowest BCUT2D eigenvalue weighted by Gasteiger charge is -2.03. The summed E-state index contributed by atoms with van der Waals surface area (Å²) < 4.78 is 0.989. The molecule has 2 heterocycles. The molecule has 0 aliphatic carbocycles. The molecule has 0 atom stereocenters. The van der Waals surface area contributed by atoms with Crippen molar-refractivity contribution in [2.24, 2.45) is 0 Å². The van der Waals surface area contributed by atoms with E-state index >= 15 is 0 Å². The number of pyridine rings is 2. The number of hydrogen-bond donors (Lipinski definition) is 0. The molecule has 2 rings (SSSR count). The standard InChI is InChI=1S/C11H9BrN2/c1-8-4-5-13-7-10(8)11-3-2-9(12)6-14-11/h2-7H,1H3. The highest BCUT2D eigenvalue weighted by molar-refractivity contribution is 9.10. The van der Waals surface area contributed by atoms with Crippen LogP contribution in [0.1, 0.15) is 5.56 Å². The zero-order valence-corrected chi connectivity index (χ0v) is 9.32. The van der Waals surface area contributed by atoms with Crippen molar-refractivity contribution in [1.29, 1.82) is 0 Å². The first-order valence-electron chi connectivity index (χ1n) is 4.30. The molecule has 2 aromatic heterocycles. The van der Waals surface area contributed by atoms with Crippen molar-refractivity contribution in [3.8, 4) is 11.3 Å². The van der Waals surface area contributed by atoms with Gasteiger partial charge in [-0.2, -0.15) is 0 Å². The van der Waals surface area contributed by atoms with Gasteiger partial charge in [0.05, 0.1) is 5.69 Å². The van der Waals surface area contributed by atoms with Crippen LogP contribution in [0.3, 0.4) is 0 Å². The summed E-state index contributed by atoms with van der Waals surface area (Å²) in [7, 11) is 0. The molecule has 0 spiro atoms. The van der Waals surface area contributed by atoms with Gasteiger partial charge in [-0.05, 0) is 46.6 Å². The molecule has 0 fully saturated rings. The number of halogens is 1. The lowest BCUT2D eigenvalue weighted by molar-refractivity contribution is 1.24. The van der Waals surface area contributed by atoms with Crippen LogP contribution < -0.4 is 0 Å². The molecule has 70 valence electrons. The van der Waals surface area contributed by atoms with Gasteiger partial charge in [0.15, 0.2) is 0 Å². The molecule has 0 saturated heterocycles. The predicted octanol–water partition coefficient (Wildman–Crippen LogP) is 3.21. The van der Waals surface area contributed by atoms with Crippen LogP contribution in [0, 0.1) is 6.92 Å². The van der Waals surface area contributed by atoms with Crippen LogP contribution in [0.25, 0.3) is 11.3 Å². The van der Waals surface area contributed by atoms with Gasteiger partial charge in [0.1, 0.15) is 0 Å². The second-order valence-corrected chi connectivity index (χ2v) is 3.97. The van der Waals surface area contributed by atoms with Gasteiger partial charge in [-0.3, -0.25) is 9.97 Å². The average Bonchev–Trinajstić information content (AvgIpc) is 2.20. The highest BCUT2D eigenvalue weighted by Gasteiger charge is 2.01. The largest absolute Gasteiger partial charge is 0.264 e. The topological polar surface area (TPSA) is 25.8 Å². The minimum Gasteiger partial charge on any atom is -0.264 e. The van der Waals surface area contributed by atoms with E-state index in [4.69, 9.17) is 0 Å². The normalized spacial score (nSPS) is 10.1. The SMILES string of the molecule is Cc1ccncc1-c1ccc(Br)cn1. The van der Waals surface area contributed by atoms with E-state index in [0.29, 0.717) is 0 Å². The van der Waals surface area contributed by atoms with Crippen molar-refractivity contribution in [1.82, 2.24) is 9.97 Å². The maximum Gasteiger partial charge on any atom is 0.0720 e. The van der Waals surface area contributed by atoms with Crippen LogP contribution >= 0.6 is 15.9 Å². The highest BCUT2D eigenvalue weighted by atomic mass is 79.9. The van der Waals surface area contributed by atoms with E-state index in [-0.39, 0.29) is 0 Å². The maximum atomic E-state index is 4.32. The maximum absolute atomic E-state index is 4.32. The van der Waals surface area contributed by atoms with Crippen molar-refractivity contribution >= 4 is 15.9 Å². The van der Waals surface area contributed by atoms with Gasteiger partial charge >= 0.3 is 0 Å². The minimum absolute atomic E-state index is 0.957. The number of hydrogen-bond acceptors (Lipinski definition) is 2. The van der Waals surface area contributed by atoms with Crippen molar-refractivity contribution in [2.45, 2.75) is 6.92 Å². The number of rotatable bonds is 1. The van der Waals surface area contributed by atoms with Crippen molar-refractivity contribution in [3.63, 3.8) is 0 Å². The molecule has 2 aromatic rings. The lowest BCUT2D eigenvalue weighted by atomic mass is 10.1. The van der Waals surface area contributed by atoms with Crippen LogP contribution in [0.5, 0.6) is 0 Å². The third kappa shape index (κ3) is 1.82. The summed E-state index contributed by atoms with van der Waals surface area (Å²) in [5.41, 5.74) is 3.23.